The highest BCUT2D eigenvalue weighted by atomic mass is 19.1. The molecule has 5 nitrogen and oxygen atoms in total. The number of likely N-dealkylation sites (tertiary alicyclic amines) is 1. The zero-order chi connectivity index (χ0) is 15.4. The molecular formula is C15H21FN2O3. The Hall–Kier alpha value is -1.50. The lowest BCUT2D eigenvalue weighted by Gasteiger charge is -2.34. The number of β-amino-alcohol motifs (C(OH)–C–C–N with tert-alkyl or cyclic N) is 1. The van der Waals surface area contributed by atoms with Gasteiger partial charge in [-0.2, -0.15) is 0 Å². The first kappa shape index (κ1) is 15.9. The highest BCUT2D eigenvalue weighted by molar-refractivity contribution is 5.78. The molecule has 1 amide bonds. The van der Waals surface area contributed by atoms with Crippen LogP contribution in [0.5, 0.6) is 0 Å². The van der Waals surface area contributed by atoms with Gasteiger partial charge in [0, 0.05) is 12.1 Å². The van der Waals surface area contributed by atoms with Gasteiger partial charge >= 0.3 is 0 Å². The lowest BCUT2D eigenvalue weighted by molar-refractivity contribution is -0.129. The molecule has 0 aliphatic carbocycles. The van der Waals surface area contributed by atoms with E-state index in [0.29, 0.717) is 32.5 Å². The molecule has 2 atom stereocenters. The minimum Gasteiger partial charge on any atom is -0.387 e. The van der Waals surface area contributed by atoms with E-state index in [2.05, 4.69) is 0 Å². The number of hydrogen-bond donors (Lipinski definition) is 3. The summed E-state index contributed by atoms with van der Waals surface area (Å²) in [5.41, 5.74) is 5.38. The molecule has 4 N–H and O–H groups in total. The van der Waals surface area contributed by atoms with E-state index in [1.165, 1.54) is 6.07 Å². The number of aliphatic hydroxyl groups excluding tert-OH is 2. The standard InChI is InChI=1S/C15H21FN2O3/c16-12-4-2-1-3-11(12)13(19)9-18-7-5-10(6-8-18)14(20)15(17)21/h1-4,10,13-14,19-20H,5-9H2,(H2,17,21)/t13-,14+/m0/s1. The van der Waals surface area contributed by atoms with Crippen LogP contribution in [0.4, 0.5) is 4.39 Å². The maximum atomic E-state index is 13.6. The van der Waals surface area contributed by atoms with E-state index in [-0.39, 0.29) is 11.5 Å². The van der Waals surface area contributed by atoms with Gasteiger partial charge in [-0.15, -0.1) is 0 Å². The molecule has 1 aromatic rings. The number of amides is 1. The fourth-order valence-corrected chi connectivity index (χ4v) is 2.77. The van der Waals surface area contributed by atoms with Crippen LogP contribution in [-0.2, 0) is 4.79 Å². The van der Waals surface area contributed by atoms with Crippen molar-refractivity contribution >= 4 is 5.91 Å². The molecule has 0 saturated carbocycles. The van der Waals surface area contributed by atoms with Crippen molar-refractivity contribution in [2.75, 3.05) is 19.6 Å². The zero-order valence-corrected chi connectivity index (χ0v) is 11.8. The number of benzene rings is 1. The van der Waals surface area contributed by atoms with Gasteiger partial charge in [-0.25, -0.2) is 4.39 Å². The fourth-order valence-electron chi connectivity index (χ4n) is 2.77. The third-order valence-electron chi connectivity index (χ3n) is 4.07. The van der Waals surface area contributed by atoms with E-state index in [1.54, 1.807) is 18.2 Å². The Bertz CT molecular complexity index is 490. The third-order valence-corrected chi connectivity index (χ3v) is 4.07. The molecule has 1 fully saturated rings. The molecule has 0 bridgehead atoms. The fraction of sp³-hybridized carbons (Fsp3) is 0.533. The number of halogens is 1. The van der Waals surface area contributed by atoms with Crippen molar-refractivity contribution < 1.29 is 19.4 Å². The molecule has 6 heteroatoms. The molecule has 0 radical (unpaired) electrons. The molecule has 1 aliphatic heterocycles. The second-order valence-electron chi connectivity index (χ2n) is 5.52. The highest BCUT2D eigenvalue weighted by Crippen LogP contribution is 2.24. The Balaban J connectivity index is 1.86. The third kappa shape index (κ3) is 4.00. The first-order valence-electron chi connectivity index (χ1n) is 7.11. The number of piperidine rings is 1. The average molecular weight is 296 g/mol. The van der Waals surface area contributed by atoms with Gasteiger partial charge in [-0.05, 0) is 37.9 Å². The Morgan fingerprint density at radius 2 is 1.95 bits per heavy atom. The first-order valence-corrected chi connectivity index (χ1v) is 7.11. The summed E-state index contributed by atoms with van der Waals surface area (Å²) in [5, 5.41) is 19.8. The molecule has 0 aromatic heterocycles. The van der Waals surface area contributed by atoms with Gasteiger partial charge in [0.2, 0.25) is 5.91 Å². The first-order chi connectivity index (χ1) is 9.99. The number of rotatable bonds is 5. The van der Waals surface area contributed by atoms with Crippen LogP contribution in [0.1, 0.15) is 24.5 Å². The van der Waals surface area contributed by atoms with Crippen LogP contribution < -0.4 is 5.73 Å². The number of aliphatic hydroxyl groups is 2. The van der Waals surface area contributed by atoms with Crippen molar-refractivity contribution in [2.45, 2.75) is 25.0 Å². The minimum absolute atomic E-state index is 0.135. The number of nitrogens with zero attached hydrogens (tertiary/aromatic N) is 1. The van der Waals surface area contributed by atoms with E-state index in [1.807, 2.05) is 4.90 Å². The molecular weight excluding hydrogens is 275 g/mol. The number of carbonyl (C=O) groups excluding carboxylic acids is 1. The van der Waals surface area contributed by atoms with Crippen molar-refractivity contribution in [1.29, 1.82) is 0 Å². The van der Waals surface area contributed by atoms with Gasteiger partial charge in [0.05, 0.1) is 6.10 Å². The summed E-state index contributed by atoms with van der Waals surface area (Å²) in [6, 6.07) is 6.18. The summed E-state index contributed by atoms with van der Waals surface area (Å²) in [6.45, 7) is 1.61. The summed E-state index contributed by atoms with van der Waals surface area (Å²) in [7, 11) is 0. The SMILES string of the molecule is NC(=O)[C@H](O)C1CCN(C[C@H](O)c2ccccc2F)CC1. The summed E-state index contributed by atoms with van der Waals surface area (Å²) in [6.07, 6.45) is -0.727. The molecule has 1 aromatic carbocycles. The molecule has 1 heterocycles. The molecule has 2 rings (SSSR count). The quantitative estimate of drug-likeness (QED) is 0.735. The lowest BCUT2D eigenvalue weighted by atomic mass is 9.90. The monoisotopic (exact) mass is 296 g/mol. The van der Waals surface area contributed by atoms with E-state index in [0.717, 1.165) is 0 Å². The average Bonchev–Trinajstić information content (AvgIpc) is 2.47. The van der Waals surface area contributed by atoms with Crippen LogP contribution in [0.25, 0.3) is 0 Å². The van der Waals surface area contributed by atoms with Gasteiger partial charge in [0.25, 0.3) is 0 Å². The van der Waals surface area contributed by atoms with E-state index >= 15 is 0 Å². The summed E-state index contributed by atoms with van der Waals surface area (Å²) in [5.74, 6) is -1.24. The van der Waals surface area contributed by atoms with Crippen LogP contribution in [-0.4, -0.2) is 46.8 Å². The van der Waals surface area contributed by atoms with Crippen molar-refractivity contribution in [2.24, 2.45) is 11.7 Å². The van der Waals surface area contributed by atoms with Gasteiger partial charge in [0.15, 0.2) is 0 Å². The summed E-state index contributed by atoms with van der Waals surface area (Å²) < 4.78 is 13.6. The molecule has 21 heavy (non-hydrogen) atoms. The van der Waals surface area contributed by atoms with Gasteiger partial charge in [-0.3, -0.25) is 4.79 Å². The molecule has 116 valence electrons. The summed E-state index contributed by atoms with van der Waals surface area (Å²) in [4.78, 5) is 13.0. The van der Waals surface area contributed by atoms with Crippen molar-refractivity contribution in [1.82, 2.24) is 4.90 Å². The predicted octanol–water partition coefficient (Wildman–Crippen LogP) is 0.417. The summed E-state index contributed by atoms with van der Waals surface area (Å²) >= 11 is 0. The van der Waals surface area contributed by atoms with E-state index in [9.17, 15) is 19.4 Å². The Morgan fingerprint density at radius 3 is 2.52 bits per heavy atom. The normalized spacial score (nSPS) is 20.1. The van der Waals surface area contributed by atoms with E-state index < -0.39 is 23.9 Å². The Kier molecular flexibility index (Phi) is 5.27. The predicted molar refractivity (Wildman–Crippen MR) is 75.7 cm³/mol. The van der Waals surface area contributed by atoms with E-state index in [4.69, 9.17) is 5.73 Å². The molecule has 1 saturated heterocycles. The minimum atomic E-state index is -1.11. The van der Waals surface area contributed by atoms with Crippen LogP contribution in [0, 0.1) is 11.7 Å². The number of hydrogen-bond acceptors (Lipinski definition) is 4. The van der Waals surface area contributed by atoms with Crippen molar-refractivity contribution in [3.8, 4) is 0 Å². The van der Waals surface area contributed by atoms with Crippen LogP contribution in [0.15, 0.2) is 24.3 Å². The smallest absolute Gasteiger partial charge is 0.246 e. The Morgan fingerprint density at radius 1 is 1.33 bits per heavy atom. The molecule has 0 unspecified atom stereocenters. The van der Waals surface area contributed by atoms with Gasteiger partial charge in [0.1, 0.15) is 11.9 Å². The number of carbonyl (C=O) groups is 1. The second-order valence-corrected chi connectivity index (χ2v) is 5.52. The van der Waals surface area contributed by atoms with Crippen molar-refractivity contribution in [3.63, 3.8) is 0 Å². The molecule has 1 aliphatic rings. The maximum absolute atomic E-state index is 13.6. The topological polar surface area (TPSA) is 86.8 Å². The van der Waals surface area contributed by atoms with Crippen LogP contribution in [0.3, 0.4) is 0 Å². The highest BCUT2D eigenvalue weighted by Gasteiger charge is 2.29. The van der Waals surface area contributed by atoms with Gasteiger partial charge < -0.3 is 20.8 Å². The van der Waals surface area contributed by atoms with Crippen molar-refractivity contribution in [3.05, 3.63) is 35.6 Å². The van der Waals surface area contributed by atoms with Gasteiger partial charge in [-0.1, -0.05) is 18.2 Å². The number of nitrogens with two attached hydrogens (primary N) is 1. The number of primary amides is 1. The van der Waals surface area contributed by atoms with Crippen LogP contribution in [0.2, 0.25) is 0 Å². The lowest BCUT2D eigenvalue weighted by Crippen LogP contribution is -2.43. The van der Waals surface area contributed by atoms with Crippen LogP contribution >= 0.6 is 0 Å². The maximum Gasteiger partial charge on any atom is 0.246 e. The molecule has 0 spiro atoms. The second kappa shape index (κ2) is 6.98. The zero-order valence-electron chi connectivity index (χ0n) is 11.8. The Labute approximate surface area is 123 Å². The largest absolute Gasteiger partial charge is 0.387 e.